The van der Waals surface area contributed by atoms with Crippen LogP contribution in [0.4, 0.5) is 4.39 Å². The summed E-state index contributed by atoms with van der Waals surface area (Å²) in [6, 6.07) is 0. The zero-order valence-electron chi connectivity index (χ0n) is 9.26. The van der Waals surface area contributed by atoms with Crippen molar-refractivity contribution in [1.82, 2.24) is 0 Å². The minimum atomic E-state index is -3.49. The number of halogens is 1. The maximum Gasteiger partial charge on any atom is 0.591 e. The molecule has 84 valence electrons. The van der Waals surface area contributed by atoms with Gasteiger partial charge in [0.2, 0.25) is 0 Å². The van der Waals surface area contributed by atoms with Gasteiger partial charge in [0.1, 0.15) is 6.17 Å². The number of hydrogen-bond donors (Lipinski definition) is 1. The summed E-state index contributed by atoms with van der Waals surface area (Å²) in [6.07, 6.45) is 2.34. The van der Waals surface area contributed by atoms with Crippen molar-refractivity contribution < 1.29 is 18.0 Å². The minimum absolute atomic E-state index is 0.261. The van der Waals surface area contributed by atoms with E-state index in [1.807, 2.05) is 5.54 Å². The summed E-state index contributed by atoms with van der Waals surface area (Å²) in [5, 5.41) is 0. The summed E-state index contributed by atoms with van der Waals surface area (Å²) in [5.41, 5.74) is 1.89. The smallest absolute Gasteiger partial charge is 0.380 e. The van der Waals surface area contributed by atoms with E-state index >= 15 is 0 Å². The molecule has 0 fully saturated rings. The third-order valence-corrected chi connectivity index (χ3v) is 2.66. The molecule has 0 aliphatic heterocycles. The third kappa shape index (κ3) is 9.67. The molecule has 3 nitrogen and oxygen atoms in total. The van der Waals surface area contributed by atoms with Crippen molar-refractivity contribution in [1.29, 1.82) is 0 Å². The van der Waals surface area contributed by atoms with Crippen LogP contribution in [0.15, 0.2) is 0 Å². The lowest BCUT2D eigenvalue weighted by Crippen LogP contribution is -2.41. The summed E-state index contributed by atoms with van der Waals surface area (Å²) in [7, 11) is -3.49. The summed E-state index contributed by atoms with van der Waals surface area (Å²) in [5.74, 6) is 0. The minimum Gasteiger partial charge on any atom is -0.380 e. The summed E-state index contributed by atoms with van der Waals surface area (Å²) >= 11 is 0. The van der Waals surface area contributed by atoms with E-state index in [-0.39, 0.29) is 13.2 Å². The Labute approximate surface area is 86.6 Å². The average Bonchev–Trinajstić information content (AvgIpc) is 2.06. The molecule has 1 N–H and O–H groups in total. The first kappa shape index (κ1) is 16.0. The Morgan fingerprint density at radius 2 is 1.50 bits per heavy atom. The molecule has 0 rings (SSSR count). The summed E-state index contributed by atoms with van der Waals surface area (Å²) in [6.45, 7) is 8.13. The predicted octanol–water partition coefficient (Wildman–Crippen LogP) is 1.88. The summed E-state index contributed by atoms with van der Waals surface area (Å²) in [4.78, 5) is 9.29. The van der Waals surface area contributed by atoms with Gasteiger partial charge < -0.3 is 13.6 Å². The van der Waals surface area contributed by atoms with E-state index in [4.69, 9.17) is 8.85 Å². The molecule has 0 aromatic heterocycles. The fourth-order valence-corrected chi connectivity index (χ4v) is 1.69. The Hall–Kier alpha value is -0.413. The Bertz CT molecular complexity index is 171. The van der Waals surface area contributed by atoms with Crippen LogP contribution in [0.2, 0.25) is 0 Å². The maximum absolute atomic E-state index is 11.5. The van der Waals surface area contributed by atoms with Crippen LogP contribution in [-0.2, 0) is 8.85 Å². The summed E-state index contributed by atoms with van der Waals surface area (Å²) < 4.78 is 21.0. The molecule has 0 aromatic carbocycles. The highest BCUT2D eigenvalue weighted by molar-refractivity contribution is 6.68. The van der Waals surface area contributed by atoms with Crippen LogP contribution in [0.25, 0.3) is 0 Å². The molecule has 0 amide bonds. The van der Waals surface area contributed by atoms with Gasteiger partial charge in [-0.25, -0.2) is 0 Å². The highest BCUT2D eigenvalue weighted by Gasteiger charge is 2.34. The zero-order valence-corrected chi connectivity index (χ0v) is 10.3. The molecule has 14 heavy (non-hydrogen) atoms. The first-order chi connectivity index (χ1) is 6.60. The quantitative estimate of drug-likeness (QED) is 0.583. The van der Waals surface area contributed by atoms with Gasteiger partial charge in [0.25, 0.3) is 0 Å². The molecule has 0 spiro atoms. The van der Waals surface area contributed by atoms with Gasteiger partial charge in [-0.1, -0.05) is 20.3 Å². The molecule has 0 aliphatic rings. The van der Waals surface area contributed by atoms with E-state index < -0.39 is 8.80 Å². The molecule has 0 aliphatic carbocycles. The molecule has 0 unspecified atom stereocenters. The third-order valence-electron chi connectivity index (χ3n) is 0.885. The van der Waals surface area contributed by atoms with Gasteiger partial charge in [-0.05, 0) is 19.4 Å². The van der Waals surface area contributed by atoms with Crippen molar-refractivity contribution >= 4 is 8.80 Å². The fourth-order valence-electron chi connectivity index (χ4n) is 0.565. The van der Waals surface area contributed by atoms with Crippen molar-refractivity contribution in [2.75, 3.05) is 13.2 Å². The lowest BCUT2D eigenvalue weighted by molar-refractivity contribution is 0.125. The molecule has 0 heterocycles. The molecule has 5 heteroatoms. The van der Waals surface area contributed by atoms with E-state index in [1.165, 1.54) is 6.42 Å². The van der Waals surface area contributed by atoms with Gasteiger partial charge in [0.05, 0.1) is 0 Å². The second kappa shape index (κ2) is 10.7. The highest BCUT2D eigenvalue weighted by Crippen LogP contribution is 2.00. The lowest BCUT2D eigenvalue weighted by Gasteiger charge is -2.15. The van der Waals surface area contributed by atoms with Gasteiger partial charge in [-0.3, -0.25) is 0 Å². The van der Waals surface area contributed by atoms with Crippen molar-refractivity contribution in [3.05, 3.63) is 0 Å². The second-order valence-electron chi connectivity index (χ2n) is 2.37. The molecule has 0 aromatic rings. The number of rotatable bonds is 4. The van der Waals surface area contributed by atoms with E-state index in [1.54, 1.807) is 13.8 Å². The van der Waals surface area contributed by atoms with E-state index in [0.717, 1.165) is 6.17 Å². The lowest BCUT2D eigenvalue weighted by atomic mass is 10.6. The average molecular weight is 222 g/mol. The van der Waals surface area contributed by atoms with Gasteiger partial charge in [-0.2, -0.15) is 0 Å². The standard InChI is InChI=1S/C6H11FO3Si.C3H8/c1-3-9-11(8,6-5-7)10-4-2;1-3-2/h8H,3-4H2,1-2H3;3H2,1-2H3. The molecule has 0 atom stereocenters. The molecular formula is C9H19FO3Si. The van der Waals surface area contributed by atoms with E-state index in [9.17, 15) is 9.19 Å². The van der Waals surface area contributed by atoms with Crippen LogP contribution in [0.5, 0.6) is 0 Å². The second-order valence-corrected chi connectivity index (χ2v) is 4.37. The van der Waals surface area contributed by atoms with Crippen LogP contribution in [0, 0.1) is 11.7 Å². The SMILES string of the molecule is CCC.CCO[Si](O)(C#CF)OCC. The molecule has 0 bridgehead atoms. The number of hydrogen-bond acceptors (Lipinski definition) is 3. The zero-order chi connectivity index (χ0) is 11.4. The largest absolute Gasteiger partial charge is 0.591 e. The van der Waals surface area contributed by atoms with Crippen molar-refractivity contribution in [3.63, 3.8) is 0 Å². The fraction of sp³-hybridized carbons (Fsp3) is 0.778. The molecule has 0 radical (unpaired) electrons. The molecule has 0 saturated carbocycles. The van der Waals surface area contributed by atoms with Crippen molar-refractivity contribution in [2.45, 2.75) is 34.1 Å². The highest BCUT2D eigenvalue weighted by atomic mass is 28.4. The van der Waals surface area contributed by atoms with Gasteiger partial charge in [0.15, 0.2) is 0 Å². The van der Waals surface area contributed by atoms with Crippen LogP contribution in [0.1, 0.15) is 34.1 Å². The van der Waals surface area contributed by atoms with Crippen LogP contribution in [0.3, 0.4) is 0 Å². The Morgan fingerprint density at radius 3 is 1.71 bits per heavy atom. The normalized spacial score (nSPS) is 9.57. The van der Waals surface area contributed by atoms with Crippen LogP contribution < -0.4 is 0 Å². The van der Waals surface area contributed by atoms with Gasteiger partial charge in [-0.15, -0.1) is 4.39 Å². The molecular weight excluding hydrogens is 203 g/mol. The Balaban J connectivity index is 0. The van der Waals surface area contributed by atoms with E-state index in [0.29, 0.717) is 0 Å². The van der Waals surface area contributed by atoms with Gasteiger partial charge >= 0.3 is 8.80 Å². The van der Waals surface area contributed by atoms with Crippen molar-refractivity contribution in [2.24, 2.45) is 0 Å². The van der Waals surface area contributed by atoms with Crippen molar-refractivity contribution in [3.8, 4) is 11.7 Å². The van der Waals surface area contributed by atoms with Crippen LogP contribution in [-0.4, -0.2) is 26.8 Å². The first-order valence-electron chi connectivity index (χ1n) is 4.73. The van der Waals surface area contributed by atoms with E-state index in [2.05, 4.69) is 13.8 Å². The van der Waals surface area contributed by atoms with Gasteiger partial charge in [0, 0.05) is 13.2 Å². The monoisotopic (exact) mass is 222 g/mol. The first-order valence-corrected chi connectivity index (χ1v) is 6.49. The maximum atomic E-state index is 11.5. The Morgan fingerprint density at radius 1 is 1.14 bits per heavy atom. The Kier molecular flexibility index (Phi) is 12.2. The van der Waals surface area contributed by atoms with Crippen LogP contribution >= 0.6 is 0 Å². The predicted molar refractivity (Wildman–Crippen MR) is 56.1 cm³/mol. The topological polar surface area (TPSA) is 38.7 Å². The molecule has 0 saturated heterocycles.